The maximum Gasteiger partial charge on any atom is 0.251 e. The first-order chi connectivity index (χ1) is 10.2. The lowest BCUT2D eigenvalue weighted by molar-refractivity contribution is 0.0948. The van der Waals surface area contributed by atoms with Gasteiger partial charge in [-0.3, -0.25) is 4.79 Å². The average molecular weight is 352 g/mol. The van der Waals surface area contributed by atoms with Crippen LogP contribution in [0, 0.1) is 11.7 Å². The molecule has 21 heavy (non-hydrogen) atoms. The Morgan fingerprint density at radius 1 is 1.24 bits per heavy atom. The van der Waals surface area contributed by atoms with Gasteiger partial charge in [-0.05, 0) is 29.9 Å². The van der Waals surface area contributed by atoms with E-state index in [2.05, 4.69) is 28.2 Å². The van der Waals surface area contributed by atoms with Crippen molar-refractivity contribution in [3.63, 3.8) is 0 Å². The van der Waals surface area contributed by atoms with Crippen molar-refractivity contribution in [3.05, 3.63) is 47.8 Å². The number of hydrogen-bond donors (Lipinski definition) is 1. The fourth-order valence-electron chi connectivity index (χ4n) is 2.40. The molecule has 1 atom stereocenters. The standard InChI is InChI=1S/C17H19BrFNO/c1-2-12(9-10-18)11-20-17(21)15-7-8-16(19)14-6-4-3-5-13(14)15/h3-8,12H,2,9-11H2,1H3,(H,20,21). The Balaban J connectivity index is 2.18. The lowest BCUT2D eigenvalue weighted by Gasteiger charge is -2.15. The molecule has 2 aromatic carbocycles. The highest BCUT2D eigenvalue weighted by atomic mass is 79.9. The topological polar surface area (TPSA) is 29.1 Å². The van der Waals surface area contributed by atoms with E-state index in [0.717, 1.165) is 18.2 Å². The zero-order chi connectivity index (χ0) is 15.2. The van der Waals surface area contributed by atoms with Crippen molar-refractivity contribution in [1.29, 1.82) is 0 Å². The molecule has 0 saturated carbocycles. The first-order valence-corrected chi connectivity index (χ1v) is 8.31. The number of fused-ring (bicyclic) bond motifs is 1. The Morgan fingerprint density at radius 3 is 2.62 bits per heavy atom. The maximum atomic E-state index is 13.8. The first kappa shape index (κ1) is 16.0. The van der Waals surface area contributed by atoms with Gasteiger partial charge in [0.05, 0.1) is 0 Å². The van der Waals surface area contributed by atoms with E-state index in [4.69, 9.17) is 0 Å². The summed E-state index contributed by atoms with van der Waals surface area (Å²) in [6, 6.07) is 9.98. The average Bonchev–Trinajstić information content (AvgIpc) is 2.51. The van der Waals surface area contributed by atoms with Gasteiger partial charge in [0.15, 0.2) is 0 Å². The molecule has 0 heterocycles. The summed E-state index contributed by atoms with van der Waals surface area (Å²) < 4.78 is 13.8. The molecule has 1 amide bonds. The predicted octanol–water partition coefficient (Wildman–Crippen LogP) is 4.52. The summed E-state index contributed by atoms with van der Waals surface area (Å²) in [4.78, 5) is 12.3. The highest BCUT2D eigenvalue weighted by molar-refractivity contribution is 9.09. The second kappa shape index (κ2) is 7.55. The molecule has 0 bridgehead atoms. The van der Waals surface area contributed by atoms with E-state index in [1.165, 1.54) is 6.07 Å². The van der Waals surface area contributed by atoms with E-state index in [-0.39, 0.29) is 11.7 Å². The summed E-state index contributed by atoms with van der Waals surface area (Å²) in [7, 11) is 0. The number of halogens is 2. The summed E-state index contributed by atoms with van der Waals surface area (Å²) in [6.07, 6.45) is 2.05. The summed E-state index contributed by atoms with van der Waals surface area (Å²) in [5.41, 5.74) is 0.528. The van der Waals surface area contributed by atoms with Crippen LogP contribution in [0.2, 0.25) is 0 Å². The van der Waals surface area contributed by atoms with Crippen LogP contribution in [0.25, 0.3) is 10.8 Å². The third-order valence-corrected chi connectivity index (χ3v) is 4.22. The molecular formula is C17H19BrFNO. The number of hydrogen-bond acceptors (Lipinski definition) is 1. The molecular weight excluding hydrogens is 333 g/mol. The Labute approximate surface area is 132 Å². The number of benzene rings is 2. The van der Waals surface area contributed by atoms with Crippen LogP contribution in [-0.4, -0.2) is 17.8 Å². The third-order valence-electron chi connectivity index (χ3n) is 3.76. The van der Waals surface area contributed by atoms with Crippen LogP contribution in [0.15, 0.2) is 36.4 Å². The molecule has 112 valence electrons. The minimum atomic E-state index is -0.298. The van der Waals surface area contributed by atoms with Crippen LogP contribution in [0.4, 0.5) is 4.39 Å². The Bertz CT molecular complexity index is 629. The van der Waals surface area contributed by atoms with Crippen molar-refractivity contribution in [2.45, 2.75) is 19.8 Å². The second-order valence-corrected chi connectivity index (χ2v) is 5.90. The molecule has 2 nitrogen and oxygen atoms in total. The van der Waals surface area contributed by atoms with Gasteiger partial charge in [-0.1, -0.05) is 53.5 Å². The highest BCUT2D eigenvalue weighted by Crippen LogP contribution is 2.22. The van der Waals surface area contributed by atoms with Crippen molar-refractivity contribution in [3.8, 4) is 0 Å². The number of nitrogens with one attached hydrogen (secondary N) is 1. The van der Waals surface area contributed by atoms with Crippen molar-refractivity contribution in [2.24, 2.45) is 5.92 Å². The fourth-order valence-corrected chi connectivity index (χ4v) is 3.04. The molecule has 0 fully saturated rings. The second-order valence-electron chi connectivity index (χ2n) is 5.10. The van der Waals surface area contributed by atoms with Crippen LogP contribution in [-0.2, 0) is 0 Å². The van der Waals surface area contributed by atoms with E-state index < -0.39 is 0 Å². The van der Waals surface area contributed by atoms with Crippen LogP contribution >= 0.6 is 15.9 Å². The monoisotopic (exact) mass is 351 g/mol. The number of rotatable bonds is 6. The van der Waals surface area contributed by atoms with E-state index >= 15 is 0 Å². The van der Waals surface area contributed by atoms with Gasteiger partial charge in [-0.2, -0.15) is 0 Å². The SMILES string of the molecule is CCC(CCBr)CNC(=O)c1ccc(F)c2ccccc12. The zero-order valence-electron chi connectivity index (χ0n) is 12.0. The van der Waals surface area contributed by atoms with Crippen LogP contribution in [0.5, 0.6) is 0 Å². The Hall–Kier alpha value is -1.42. The third kappa shape index (κ3) is 3.82. The van der Waals surface area contributed by atoms with Crippen molar-refractivity contribution < 1.29 is 9.18 Å². The summed E-state index contributed by atoms with van der Waals surface area (Å²) in [5, 5.41) is 5.04. The largest absolute Gasteiger partial charge is 0.352 e. The van der Waals surface area contributed by atoms with Gasteiger partial charge in [0.2, 0.25) is 0 Å². The summed E-state index contributed by atoms with van der Waals surface area (Å²) >= 11 is 3.43. The molecule has 0 aliphatic carbocycles. The normalized spacial score (nSPS) is 12.3. The van der Waals surface area contributed by atoms with Gasteiger partial charge in [0, 0.05) is 22.8 Å². The molecule has 0 aliphatic rings. The lowest BCUT2D eigenvalue weighted by atomic mass is 10.0. The van der Waals surface area contributed by atoms with Gasteiger partial charge in [-0.25, -0.2) is 4.39 Å². The molecule has 2 rings (SSSR count). The smallest absolute Gasteiger partial charge is 0.251 e. The van der Waals surface area contributed by atoms with Crippen LogP contribution in [0.3, 0.4) is 0 Å². The Kier molecular flexibility index (Phi) is 5.74. The van der Waals surface area contributed by atoms with Gasteiger partial charge < -0.3 is 5.32 Å². The van der Waals surface area contributed by atoms with Crippen molar-refractivity contribution >= 4 is 32.6 Å². The number of amides is 1. The van der Waals surface area contributed by atoms with Crippen molar-refractivity contribution in [2.75, 3.05) is 11.9 Å². The Morgan fingerprint density at radius 2 is 1.95 bits per heavy atom. The summed E-state index contributed by atoms with van der Waals surface area (Å²) in [5.74, 6) is 0.0205. The van der Waals surface area contributed by atoms with E-state index in [1.54, 1.807) is 24.3 Å². The van der Waals surface area contributed by atoms with Crippen LogP contribution < -0.4 is 5.32 Å². The van der Waals surface area contributed by atoms with Gasteiger partial charge in [0.1, 0.15) is 5.82 Å². The predicted molar refractivity (Wildman–Crippen MR) is 88.4 cm³/mol. The molecule has 2 aromatic rings. The molecule has 1 unspecified atom stereocenters. The molecule has 0 radical (unpaired) electrons. The quantitative estimate of drug-likeness (QED) is 0.761. The fraction of sp³-hybridized carbons (Fsp3) is 0.353. The van der Waals surface area contributed by atoms with Gasteiger partial charge >= 0.3 is 0 Å². The number of carbonyl (C=O) groups is 1. The van der Waals surface area contributed by atoms with Gasteiger partial charge in [0.25, 0.3) is 5.91 Å². The highest BCUT2D eigenvalue weighted by Gasteiger charge is 2.13. The zero-order valence-corrected chi connectivity index (χ0v) is 13.6. The lowest BCUT2D eigenvalue weighted by Crippen LogP contribution is -2.29. The maximum absolute atomic E-state index is 13.8. The molecule has 0 spiro atoms. The number of alkyl halides is 1. The van der Waals surface area contributed by atoms with Crippen LogP contribution in [0.1, 0.15) is 30.1 Å². The number of carbonyl (C=O) groups excluding carboxylic acids is 1. The molecule has 0 aliphatic heterocycles. The van der Waals surface area contributed by atoms with E-state index in [0.29, 0.717) is 28.8 Å². The first-order valence-electron chi connectivity index (χ1n) is 7.18. The van der Waals surface area contributed by atoms with Gasteiger partial charge in [-0.15, -0.1) is 0 Å². The van der Waals surface area contributed by atoms with E-state index in [1.807, 2.05) is 6.07 Å². The minimum Gasteiger partial charge on any atom is -0.352 e. The van der Waals surface area contributed by atoms with E-state index in [9.17, 15) is 9.18 Å². The molecule has 4 heteroatoms. The molecule has 0 saturated heterocycles. The molecule has 0 aromatic heterocycles. The minimum absolute atomic E-state index is 0.140. The molecule has 1 N–H and O–H groups in total. The van der Waals surface area contributed by atoms with Crippen molar-refractivity contribution in [1.82, 2.24) is 5.32 Å². The summed E-state index contributed by atoms with van der Waals surface area (Å²) in [6.45, 7) is 2.76.